The molecule has 0 unspecified atom stereocenters. The van der Waals surface area contributed by atoms with Crippen molar-refractivity contribution < 1.29 is 23.5 Å². The number of rotatable bonds is 4. The second-order valence-corrected chi connectivity index (χ2v) is 7.09. The maximum absolute atomic E-state index is 13.1. The summed E-state index contributed by atoms with van der Waals surface area (Å²) in [5, 5.41) is 0. The number of fused-ring (bicyclic) bond motifs is 1. The highest BCUT2D eigenvalue weighted by Crippen LogP contribution is 2.31. The van der Waals surface area contributed by atoms with Gasteiger partial charge in [0, 0.05) is 0 Å². The lowest BCUT2D eigenvalue weighted by atomic mass is 10.1. The second kappa shape index (κ2) is 7.55. The zero-order chi connectivity index (χ0) is 21.4. The van der Waals surface area contributed by atoms with Gasteiger partial charge in [-0.1, -0.05) is 30.3 Å². The van der Waals surface area contributed by atoms with E-state index in [9.17, 15) is 18.8 Å². The highest BCUT2D eigenvalue weighted by atomic mass is 19.1. The number of amides is 2. The van der Waals surface area contributed by atoms with E-state index < -0.39 is 23.9 Å². The third kappa shape index (κ3) is 3.37. The third-order valence-electron chi connectivity index (χ3n) is 5.10. The molecule has 0 aromatic heterocycles. The zero-order valence-electron chi connectivity index (χ0n) is 16.4. The van der Waals surface area contributed by atoms with E-state index in [0.717, 1.165) is 10.5 Å². The zero-order valence-corrected chi connectivity index (χ0v) is 16.4. The Kier molecular flexibility index (Phi) is 4.91. The van der Waals surface area contributed by atoms with Gasteiger partial charge in [-0.25, -0.2) is 14.1 Å². The summed E-state index contributed by atoms with van der Waals surface area (Å²) in [4.78, 5) is 39.4. The number of carbonyl (C=O) groups is 3. The Balaban J connectivity index is 1.59. The molecule has 5 nitrogen and oxygen atoms in total. The average molecular weight is 403 g/mol. The van der Waals surface area contributed by atoms with Crippen molar-refractivity contribution in [2.45, 2.75) is 20.0 Å². The Morgan fingerprint density at radius 2 is 1.60 bits per heavy atom. The average Bonchev–Trinajstić information content (AvgIpc) is 2.98. The van der Waals surface area contributed by atoms with Crippen molar-refractivity contribution in [3.05, 3.63) is 100 Å². The number of halogens is 1. The van der Waals surface area contributed by atoms with Crippen LogP contribution in [0.25, 0.3) is 0 Å². The van der Waals surface area contributed by atoms with E-state index in [0.29, 0.717) is 11.3 Å². The first-order chi connectivity index (χ1) is 14.4. The quantitative estimate of drug-likeness (QED) is 0.461. The molecule has 3 aromatic rings. The van der Waals surface area contributed by atoms with Gasteiger partial charge in [0.15, 0.2) is 0 Å². The lowest BCUT2D eigenvalue weighted by Gasteiger charge is -2.16. The van der Waals surface area contributed by atoms with Crippen molar-refractivity contribution in [1.82, 2.24) is 0 Å². The first kappa shape index (κ1) is 19.5. The molecule has 0 fully saturated rings. The summed E-state index contributed by atoms with van der Waals surface area (Å²) in [5.74, 6) is -1.92. The van der Waals surface area contributed by atoms with Gasteiger partial charge in [-0.2, -0.15) is 0 Å². The Morgan fingerprint density at radius 1 is 0.933 bits per heavy atom. The standard InChI is InChI=1S/C24H18FNO4/c1-14-5-3-4-6-21(14)26-22(27)19-12-9-17(13-20(19)23(26)28)24(29)30-15(2)16-7-10-18(25)11-8-16/h3-13,15H,1-2H3/t15-/m1/s1. The summed E-state index contributed by atoms with van der Waals surface area (Å²) in [6, 6.07) is 17.1. The van der Waals surface area contributed by atoms with Crippen LogP contribution in [0.5, 0.6) is 0 Å². The van der Waals surface area contributed by atoms with Crippen molar-refractivity contribution in [3.8, 4) is 0 Å². The topological polar surface area (TPSA) is 63.7 Å². The SMILES string of the molecule is Cc1ccccc1N1C(=O)c2ccc(C(=O)O[C@H](C)c3ccc(F)cc3)cc2C1=O. The summed E-state index contributed by atoms with van der Waals surface area (Å²) < 4.78 is 18.5. The lowest BCUT2D eigenvalue weighted by Crippen LogP contribution is -2.29. The molecule has 1 aliphatic heterocycles. The van der Waals surface area contributed by atoms with Crippen LogP contribution < -0.4 is 4.90 Å². The van der Waals surface area contributed by atoms with Gasteiger partial charge in [-0.3, -0.25) is 9.59 Å². The highest BCUT2D eigenvalue weighted by Gasteiger charge is 2.37. The second-order valence-electron chi connectivity index (χ2n) is 7.09. The van der Waals surface area contributed by atoms with E-state index in [1.807, 2.05) is 19.1 Å². The van der Waals surface area contributed by atoms with Crippen LogP contribution in [-0.2, 0) is 4.74 Å². The number of imide groups is 1. The van der Waals surface area contributed by atoms with E-state index in [1.165, 1.54) is 42.5 Å². The molecule has 2 amide bonds. The molecule has 0 N–H and O–H groups in total. The summed E-state index contributed by atoms with van der Waals surface area (Å²) in [7, 11) is 0. The Hall–Kier alpha value is -3.80. The van der Waals surface area contributed by atoms with Gasteiger partial charge >= 0.3 is 5.97 Å². The van der Waals surface area contributed by atoms with Crippen LogP contribution in [0.2, 0.25) is 0 Å². The number of esters is 1. The number of nitrogens with zero attached hydrogens (tertiary/aromatic N) is 1. The molecular formula is C24H18FNO4. The fourth-order valence-electron chi connectivity index (χ4n) is 3.43. The van der Waals surface area contributed by atoms with Gasteiger partial charge in [-0.05, 0) is 61.4 Å². The van der Waals surface area contributed by atoms with Gasteiger partial charge in [-0.15, -0.1) is 0 Å². The first-order valence-corrected chi connectivity index (χ1v) is 9.41. The molecule has 1 aliphatic rings. The lowest BCUT2D eigenvalue weighted by molar-refractivity contribution is 0.0337. The van der Waals surface area contributed by atoms with Crippen molar-refractivity contribution >= 4 is 23.5 Å². The van der Waals surface area contributed by atoms with E-state index >= 15 is 0 Å². The van der Waals surface area contributed by atoms with Crippen LogP contribution in [0.3, 0.4) is 0 Å². The number of carbonyl (C=O) groups excluding carboxylic acids is 3. The number of hydrogen-bond donors (Lipinski definition) is 0. The van der Waals surface area contributed by atoms with Crippen LogP contribution in [-0.4, -0.2) is 17.8 Å². The van der Waals surface area contributed by atoms with E-state index in [1.54, 1.807) is 19.1 Å². The maximum atomic E-state index is 13.1. The Morgan fingerprint density at radius 3 is 2.30 bits per heavy atom. The number of anilines is 1. The van der Waals surface area contributed by atoms with Gasteiger partial charge in [0.05, 0.1) is 22.4 Å². The molecule has 0 saturated carbocycles. The van der Waals surface area contributed by atoms with Crippen molar-refractivity contribution in [2.24, 2.45) is 0 Å². The van der Waals surface area contributed by atoms with Gasteiger partial charge in [0.1, 0.15) is 11.9 Å². The minimum atomic E-state index is -0.635. The molecule has 0 spiro atoms. The van der Waals surface area contributed by atoms with Gasteiger partial charge in [0.2, 0.25) is 0 Å². The van der Waals surface area contributed by atoms with Crippen LogP contribution in [0.15, 0.2) is 66.7 Å². The number of benzene rings is 3. The van der Waals surface area contributed by atoms with Crippen molar-refractivity contribution in [1.29, 1.82) is 0 Å². The number of ether oxygens (including phenoxy) is 1. The number of para-hydroxylation sites is 1. The predicted octanol–water partition coefficient (Wildman–Crippen LogP) is 4.85. The maximum Gasteiger partial charge on any atom is 0.338 e. The normalized spacial score (nSPS) is 13.9. The van der Waals surface area contributed by atoms with Crippen molar-refractivity contribution in [3.63, 3.8) is 0 Å². The molecular weight excluding hydrogens is 385 g/mol. The molecule has 4 rings (SSSR count). The fourth-order valence-corrected chi connectivity index (χ4v) is 3.43. The van der Waals surface area contributed by atoms with Crippen LogP contribution in [0.1, 0.15) is 55.2 Å². The number of aryl methyl sites for hydroxylation is 1. The van der Waals surface area contributed by atoms with E-state index in [2.05, 4.69) is 0 Å². The molecule has 0 aliphatic carbocycles. The van der Waals surface area contributed by atoms with Gasteiger partial charge < -0.3 is 4.74 Å². The first-order valence-electron chi connectivity index (χ1n) is 9.41. The molecule has 0 saturated heterocycles. The molecule has 0 bridgehead atoms. The Bertz CT molecular complexity index is 1170. The summed E-state index contributed by atoms with van der Waals surface area (Å²) >= 11 is 0. The Labute approximate surface area is 172 Å². The number of hydrogen-bond acceptors (Lipinski definition) is 4. The molecule has 1 atom stereocenters. The summed E-state index contributed by atoms with van der Waals surface area (Å²) in [5.41, 5.74) is 2.51. The molecule has 6 heteroatoms. The van der Waals surface area contributed by atoms with Gasteiger partial charge in [0.25, 0.3) is 11.8 Å². The minimum Gasteiger partial charge on any atom is -0.454 e. The summed E-state index contributed by atoms with van der Waals surface area (Å²) in [6.45, 7) is 3.49. The largest absolute Gasteiger partial charge is 0.454 e. The molecule has 30 heavy (non-hydrogen) atoms. The highest BCUT2D eigenvalue weighted by molar-refractivity contribution is 6.34. The third-order valence-corrected chi connectivity index (χ3v) is 5.10. The molecule has 1 heterocycles. The van der Waals surface area contributed by atoms with Crippen molar-refractivity contribution in [2.75, 3.05) is 4.90 Å². The molecule has 0 radical (unpaired) electrons. The van der Waals surface area contributed by atoms with Crippen LogP contribution in [0.4, 0.5) is 10.1 Å². The van der Waals surface area contributed by atoms with E-state index in [4.69, 9.17) is 4.74 Å². The monoisotopic (exact) mass is 403 g/mol. The van der Waals surface area contributed by atoms with Crippen LogP contribution >= 0.6 is 0 Å². The predicted molar refractivity (Wildman–Crippen MR) is 109 cm³/mol. The van der Waals surface area contributed by atoms with E-state index in [-0.39, 0.29) is 22.5 Å². The fraction of sp³-hybridized carbons (Fsp3) is 0.125. The smallest absolute Gasteiger partial charge is 0.338 e. The minimum absolute atomic E-state index is 0.159. The molecule has 150 valence electrons. The van der Waals surface area contributed by atoms with Crippen LogP contribution in [0, 0.1) is 12.7 Å². The molecule has 3 aromatic carbocycles. The summed E-state index contributed by atoms with van der Waals surface area (Å²) in [6.07, 6.45) is -0.604.